The number of fused-ring (bicyclic) bond motifs is 1. The molecule has 0 aliphatic heterocycles. The van der Waals surface area contributed by atoms with E-state index in [1.165, 1.54) is 0 Å². The molecule has 23 heavy (non-hydrogen) atoms. The van der Waals surface area contributed by atoms with Gasteiger partial charge in [0.25, 0.3) is 0 Å². The van der Waals surface area contributed by atoms with E-state index in [0.29, 0.717) is 5.69 Å². The van der Waals surface area contributed by atoms with Crippen molar-refractivity contribution in [2.45, 2.75) is 6.42 Å². The molecule has 3 rings (SSSR count). The van der Waals surface area contributed by atoms with E-state index in [4.69, 9.17) is 9.84 Å². The SMILES string of the molecule is COc1cccc(Nc2cc(CC(=O)O)nc3ccccc23)c1. The van der Waals surface area contributed by atoms with Gasteiger partial charge in [0.05, 0.1) is 24.7 Å². The highest BCUT2D eigenvalue weighted by atomic mass is 16.5. The van der Waals surface area contributed by atoms with Crippen LogP contribution in [-0.4, -0.2) is 23.2 Å². The van der Waals surface area contributed by atoms with E-state index in [-0.39, 0.29) is 6.42 Å². The number of hydrogen-bond donors (Lipinski definition) is 2. The number of hydrogen-bond acceptors (Lipinski definition) is 4. The Kier molecular flexibility index (Phi) is 4.10. The van der Waals surface area contributed by atoms with E-state index in [0.717, 1.165) is 28.0 Å². The summed E-state index contributed by atoms with van der Waals surface area (Å²) in [6.45, 7) is 0. The van der Waals surface area contributed by atoms with Gasteiger partial charge in [-0.15, -0.1) is 0 Å². The lowest BCUT2D eigenvalue weighted by molar-refractivity contribution is -0.136. The maximum Gasteiger partial charge on any atom is 0.309 e. The lowest BCUT2D eigenvalue weighted by atomic mass is 10.1. The smallest absolute Gasteiger partial charge is 0.309 e. The Hall–Kier alpha value is -3.08. The summed E-state index contributed by atoms with van der Waals surface area (Å²) in [6, 6.07) is 17.0. The molecule has 0 spiro atoms. The largest absolute Gasteiger partial charge is 0.497 e. The Morgan fingerprint density at radius 2 is 2.00 bits per heavy atom. The van der Waals surface area contributed by atoms with E-state index >= 15 is 0 Å². The molecule has 0 saturated heterocycles. The highest BCUT2D eigenvalue weighted by Crippen LogP contribution is 2.28. The third-order valence-electron chi connectivity index (χ3n) is 3.45. The minimum Gasteiger partial charge on any atom is -0.497 e. The minimum atomic E-state index is -0.903. The first-order valence-corrected chi connectivity index (χ1v) is 7.17. The molecule has 1 aromatic heterocycles. The van der Waals surface area contributed by atoms with Gasteiger partial charge in [0, 0.05) is 22.8 Å². The number of carboxylic acid groups (broad SMARTS) is 1. The first-order chi connectivity index (χ1) is 11.2. The first kappa shape index (κ1) is 14.8. The fourth-order valence-electron chi connectivity index (χ4n) is 2.44. The predicted molar refractivity (Wildman–Crippen MR) is 89.4 cm³/mol. The number of aromatic nitrogens is 1. The van der Waals surface area contributed by atoms with Crippen molar-refractivity contribution in [3.8, 4) is 5.75 Å². The van der Waals surface area contributed by atoms with Crippen LogP contribution < -0.4 is 10.1 Å². The Balaban J connectivity index is 2.05. The van der Waals surface area contributed by atoms with Crippen molar-refractivity contribution in [2.24, 2.45) is 0 Å². The molecular formula is C18H16N2O3. The van der Waals surface area contributed by atoms with Crippen molar-refractivity contribution in [3.05, 3.63) is 60.3 Å². The lowest BCUT2D eigenvalue weighted by Crippen LogP contribution is -2.04. The lowest BCUT2D eigenvalue weighted by Gasteiger charge is -2.12. The molecule has 0 saturated carbocycles. The minimum absolute atomic E-state index is 0.113. The summed E-state index contributed by atoms with van der Waals surface area (Å²) in [5.74, 6) is -0.153. The third kappa shape index (κ3) is 3.40. The molecule has 0 atom stereocenters. The van der Waals surface area contributed by atoms with Crippen LogP contribution in [0.1, 0.15) is 5.69 Å². The molecule has 0 amide bonds. The molecule has 0 bridgehead atoms. The van der Waals surface area contributed by atoms with Gasteiger partial charge in [-0.3, -0.25) is 9.78 Å². The van der Waals surface area contributed by atoms with Crippen LogP contribution in [0.15, 0.2) is 54.6 Å². The van der Waals surface area contributed by atoms with Crippen molar-refractivity contribution in [3.63, 3.8) is 0 Å². The number of anilines is 2. The summed E-state index contributed by atoms with van der Waals surface area (Å²) >= 11 is 0. The number of rotatable bonds is 5. The summed E-state index contributed by atoms with van der Waals surface area (Å²) < 4.78 is 5.23. The molecule has 0 unspecified atom stereocenters. The van der Waals surface area contributed by atoms with Gasteiger partial charge < -0.3 is 15.2 Å². The third-order valence-corrected chi connectivity index (χ3v) is 3.45. The van der Waals surface area contributed by atoms with Crippen LogP contribution in [0.4, 0.5) is 11.4 Å². The zero-order valence-corrected chi connectivity index (χ0v) is 12.6. The second-order valence-corrected chi connectivity index (χ2v) is 5.11. The van der Waals surface area contributed by atoms with Gasteiger partial charge in [-0.2, -0.15) is 0 Å². The Bertz CT molecular complexity index is 862. The summed E-state index contributed by atoms with van der Waals surface area (Å²) in [4.78, 5) is 15.4. The van der Waals surface area contributed by atoms with E-state index in [1.807, 2.05) is 48.5 Å². The molecule has 2 aromatic carbocycles. The molecule has 5 nitrogen and oxygen atoms in total. The van der Waals surface area contributed by atoms with Gasteiger partial charge in [0.2, 0.25) is 0 Å². The van der Waals surface area contributed by atoms with E-state index in [9.17, 15) is 4.79 Å². The van der Waals surface area contributed by atoms with Crippen LogP contribution in [-0.2, 0) is 11.2 Å². The van der Waals surface area contributed by atoms with Crippen LogP contribution >= 0.6 is 0 Å². The van der Waals surface area contributed by atoms with Crippen LogP contribution in [0.5, 0.6) is 5.75 Å². The molecule has 0 aliphatic carbocycles. The van der Waals surface area contributed by atoms with Crippen molar-refractivity contribution >= 4 is 28.2 Å². The van der Waals surface area contributed by atoms with E-state index in [2.05, 4.69) is 10.3 Å². The van der Waals surface area contributed by atoms with Crippen LogP contribution in [0, 0.1) is 0 Å². The normalized spacial score (nSPS) is 10.5. The van der Waals surface area contributed by atoms with Crippen LogP contribution in [0.2, 0.25) is 0 Å². The van der Waals surface area contributed by atoms with Gasteiger partial charge in [-0.05, 0) is 24.3 Å². The number of pyridine rings is 1. The topological polar surface area (TPSA) is 71.5 Å². The van der Waals surface area contributed by atoms with Gasteiger partial charge >= 0.3 is 5.97 Å². The van der Waals surface area contributed by atoms with Crippen LogP contribution in [0.3, 0.4) is 0 Å². The number of nitrogens with zero attached hydrogens (tertiary/aromatic N) is 1. The van der Waals surface area contributed by atoms with Crippen molar-refractivity contribution in [2.75, 3.05) is 12.4 Å². The molecule has 0 aliphatic rings. The molecule has 5 heteroatoms. The van der Waals surface area contributed by atoms with Crippen molar-refractivity contribution < 1.29 is 14.6 Å². The molecule has 2 N–H and O–H groups in total. The number of carboxylic acids is 1. The summed E-state index contributed by atoms with van der Waals surface area (Å²) in [7, 11) is 1.62. The zero-order valence-electron chi connectivity index (χ0n) is 12.6. The monoisotopic (exact) mass is 308 g/mol. The van der Waals surface area contributed by atoms with Gasteiger partial charge in [0.1, 0.15) is 5.75 Å². The summed E-state index contributed by atoms with van der Waals surface area (Å²) in [5, 5.41) is 13.3. The average Bonchev–Trinajstić information content (AvgIpc) is 2.54. The fraction of sp³-hybridized carbons (Fsp3) is 0.111. The highest BCUT2D eigenvalue weighted by Gasteiger charge is 2.09. The maximum absolute atomic E-state index is 11.0. The highest BCUT2D eigenvalue weighted by molar-refractivity contribution is 5.93. The standard InChI is InChI=1S/C18H16N2O3/c1-23-14-6-4-5-12(9-14)19-17-10-13(11-18(21)22)20-16-8-3-2-7-15(16)17/h2-10H,11H2,1H3,(H,19,20)(H,21,22). The molecule has 1 heterocycles. The number of nitrogens with one attached hydrogen (secondary N) is 1. The van der Waals surface area contributed by atoms with Gasteiger partial charge in [0.15, 0.2) is 0 Å². The first-order valence-electron chi connectivity index (χ1n) is 7.17. The molecule has 0 fully saturated rings. The fourth-order valence-corrected chi connectivity index (χ4v) is 2.44. The van der Waals surface area contributed by atoms with Crippen LogP contribution in [0.25, 0.3) is 10.9 Å². The Morgan fingerprint density at radius 3 is 2.78 bits per heavy atom. The number of benzene rings is 2. The Morgan fingerprint density at radius 1 is 1.17 bits per heavy atom. The maximum atomic E-state index is 11.0. The Labute approximate surface area is 133 Å². The van der Waals surface area contributed by atoms with E-state index < -0.39 is 5.97 Å². The number of methoxy groups -OCH3 is 1. The van der Waals surface area contributed by atoms with Crippen molar-refractivity contribution in [1.29, 1.82) is 0 Å². The molecular weight excluding hydrogens is 292 g/mol. The average molecular weight is 308 g/mol. The quantitative estimate of drug-likeness (QED) is 0.753. The molecule has 116 valence electrons. The van der Waals surface area contributed by atoms with Gasteiger partial charge in [-0.1, -0.05) is 24.3 Å². The number of para-hydroxylation sites is 1. The predicted octanol–water partition coefficient (Wildman–Crippen LogP) is 3.61. The second kappa shape index (κ2) is 6.36. The number of aliphatic carboxylic acids is 1. The van der Waals surface area contributed by atoms with Gasteiger partial charge in [-0.25, -0.2) is 0 Å². The summed E-state index contributed by atoms with van der Waals surface area (Å²) in [6.07, 6.45) is -0.113. The number of ether oxygens (including phenoxy) is 1. The van der Waals surface area contributed by atoms with E-state index in [1.54, 1.807) is 13.2 Å². The zero-order chi connectivity index (χ0) is 16.2. The second-order valence-electron chi connectivity index (χ2n) is 5.11. The summed E-state index contributed by atoms with van der Waals surface area (Å²) in [5.41, 5.74) is 2.96. The van der Waals surface area contributed by atoms with Crippen molar-refractivity contribution in [1.82, 2.24) is 4.98 Å². The number of carbonyl (C=O) groups is 1. The molecule has 3 aromatic rings. The molecule has 0 radical (unpaired) electrons.